The molecule has 0 bridgehead atoms. The van der Waals surface area contributed by atoms with E-state index in [0.29, 0.717) is 26.1 Å². The predicted molar refractivity (Wildman–Crippen MR) is 53.5 cm³/mol. The lowest BCUT2D eigenvalue weighted by molar-refractivity contribution is -0.240. The van der Waals surface area contributed by atoms with Crippen LogP contribution in [0.15, 0.2) is 0 Å². The SMILES string of the molecule is OC(C1CCOC2(CCOCC2)C1)C(F)(F)F. The lowest BCUT2D eigenvalue weighted by Crippen LogP contribution is -2.49. The fourth-order valence-corrected chi connectivity index (χ4v) is 2.69. The molecule has 0 saturated carbocycles. The molecule has 0 aliphatic carbocycles. The van der Waals surface area contributed by atoms with E-state index in [2.05, 4.69) is 0 Å². The monoisotopic (exact) mass is 254 g/mol. The zero-order valence-electron chi connectivity index (χ0n) is 9.50. The average molecular weight is 254 g/mol. The van der Waals surface area contributed by atoms with E-state index in [-0.39, 0.29) is 19.4 Å². The molecule has 0 aromatic heterocycles. The van der Waals surface area contributed by atoms with Crippen molar-refractivity contribution in [3.8, 4) is 0 Å². The van der Waals surface area contributed by atoms with Crippen molar-refractivity contribution in [3.05, 3.63) is 0 Å². The van der Waals surface area contributed by atoms with Gasteiger partial charge in [-0.2, -0.15) is 13.2 Å². The second-order valence-electron chi connectivity index (χ2n) is 4.88. The molecular formula is C11H17F3O3. The van der Waals surface area contributed by atoms with Crippen LogP contribution in [0.2, 0.25) is 0 Å². The van der Waals surface area contributed by atoms with E-state index in [9.17, 15) is 18.3 Å². The molecule has 0 radical (unpaired) electrons. The van der Waals surface area contributed by atoms with Crippen LogP contribution in [0.4, 0.5) is 13.2 Å². The topological polar surface area (TPSA) is 38.7 Å². The molecule has 17 heavy (non-hydrogen) atoms. The van der Waals surface area contributed by atoms with Crippen LogP contribution in [0.1, 0.15) is 25.7 Å². The Balaban J connectivity index is 2.01. The van der Waals surface area contributed by atoms with Gasteiger partial charge in [-0.3, -0.25) is 0 Å². The van der Waals surface area contributed by atoms with Crippen molar-refractivity contribution in [1.29, 1.82) is 0 Å². The Morgan fingerprint density at radius 3 is 2.41 bits per heavy atom. The summed E-state index contributed by atoms with van der Waals surface area (Å²) in [5.41, 5.74) is -0.507. The maximum Gasteiger partial charge on any atom is 0.414 e. The molecule has 0 aromatic rings. The van der Waals surface area contributed by atoms with Crippen LogP contribution in [-0.4, -0.2) is 42.8 Å². The van der Waals surface area contributed by atoms with Crippen molar-refractivity contribution < 1.29 is 27.8 Å². The van der Waals surface area contributed by atoms with E-state index in [1.807, 2.05) is 0 Å². The van der Waals surface area contributed by atoms with Gasteiger partial charge in [0.05, 0.1) is 5.60 Å². The third-order valence-corrected chi connectivity index (χ3v) is 3.72. The van der Waals surface area contributed by atoms with E-state index < -0.39 is 23.8 Å². The summed E-state index contributed by atoms with van der Waals surface area (Å²) < 4.78 is 48.3. The van der Waals surface area contributed by atoms with Gasteiger partial charge < -0.3 is 14.6 Å². The van der Waals surface area contributed by atoms with Gasteiger partial charge in [-0.1, -0.05) is 0 Å². The molecular weight excluding hydrogens is 237 g/mol. The van der Waals surface area contributed by atoms with Crippen LogP contribution in [0.5, 0.6) is 0 Å². The van der Waals surface area contributed by atoms with Gasteiger partial charge in [-0.05, 0) is 31.6 Å². The molecule has 2 aliphatic rings. The Morgan fingerprint density at radius 2 is 1.82 bits per heavy atom. The highest BCUT2D eigenvalue weighted by atomic mass is 19.4. The van der Waals surface area contributed by atoms with Gasteiger partial charge in [-0.15, -0.1) is 0 Å². The van der Waals surface area contributed by atoms with Gasteiger partial charge in [0, 0.05) is 19.8 Å². The standard InChI is InChI=1S/C11H17F3O3/c12-11(13,14)9(15)8-1-4-17-10(7-8)2-5-16-6-3-10/h8-9,15H,1-7H2. The number of rotatable bonds is 1. The highest BCUT2D eigenvalue weighted by Crippen LogP contribution is 2.41. The van der Waals surface area contributed by atoms with Crippen LogP contribution in [0.25, 0.3) is 0 Å². The summed E-state index contributed by atoms with van der Waals surface area (Å²) in [6.45, 7) is 1.33. The van der Waals surface area contributed by atoms with Crippen molar-refractivity contribution in [3.63, 3.8) is 0 Å². The summed E-state index contributed by atoms with van der Waals surface area (Å²) in [6, 6.07) is 0. The maximum absolute atomic E-state index is 12.5. The number of aliphatic hydroxyl groups excluding tert-OH is 1. The van der Waals surface area contributed by atoms with Crippen molar-refractivity contribution in [2.24, 2.45) is 5.92 Å². The van der Waals surface area contributed by atoms with Crippen LogP contribution < -0.4 is 0 Å². The Kier molecular flexibility index (Phi) is 3.66. The molecule has 2 unspecified atom stereocenters. The van der Waals surface area contributed by atoms with Gasteiger partial charge in [0.25, 0.3) is 0 Å². The number of ether oxygens (including phenoxy) is 2. The quantitative estimate of drug-likeness (QED) is 0.776. The zero-order chi connectivity index (χ0) is 12.5. The molecule has 100 valence electrons. The fraction of sp³-hybridized carbons (Fsp3) is 1.00. The first-order chi connectivity index (χ1) is 7.93. The molecule has 2 saturated heterocycles. The lowest BCUT2D eigenvalue weighted by Gasteiger charge is -2.44. The molecule has 1 spiro atoms. The van der Waals surface area contributed by atoms with E-state index in [1.165, 1.54) is 0 Å². The van der Waals surface area contributed by atoms with Crippen molar-refractivity contribution >= 4 is 0 Å². The smallest absolute Gasteiger partial charge is 0.383 e. The first-order valence-corrected chi connectivity index (χ1v) is 5.89. The summed E-state index contributed by atoms with van der Waals surface area (Å²) in [5, 5.41) is 9.31. The molecule has 2 aliphatic heterocycles. The van der Waals surface area contributed by atoms with Crippen LogP contribution in [0.3, 0.4) is 0 Å². The van der Waals surface area contributed by atoms with E-state index >= 15 is 0 Å². The Morgan fingerprint density at radius 1 is 1.18 bits per heavy atom. The van der Waals surface area contributed by atoms with Crippen molar-refractivity contribution in [2.75, 3.05) is 19.8 Å². The Hall–Kier alpha value is -0.330. The Bertz CT molecular complexity index is 256. The summed E-state index contributed by atoms with van der Waals surface area (Å²) in [7, 11) is 0. The minimum Gasteiger partial charge on any atom is -0.383 e. The fourth-order valence-electron chi connectivity index (χ4n) is 2.69. The van der Waals surface area contributed by atoms with E-state index in [0.717, 1.165) is 0 Å². The number of halogens is 3. The lowest BCUT2D eigenvalue weighted by atomic mass is 9.78. The van der Waals surface area contributed by atoms with Gasteiger partial charge in [0.1, 0.15) is 0 Å². The number of alkyl halides is 3. The second kappa shape index (κ2) is 4.74. The molecule has 3 nitrogen and oxygen atoms in total. The van der Waals surface area contributed by atoms with Crippen LogP contribution in [-0.2, 0) is 9.47 Å². The minimum absolute atomic E-state index is 0.267. The third-order valence-electron chi connectivity index (χ3n) is 3.72. The summed E-state index contributed by atoms with van der Waals surface area (Å²) in [5.74, 6) is -0.748. The molecule has 6 heteroatoms. The number of hydrogen-bond donors (Lipinski definition) is 1. The van der Waals surface area contributed by atoms with Gasteiger partial charge in [0.15, 0.2) is 6.10 Å². The Labute approximate surface area is 97.9 Å². The summed E-state index contributed by atoms with van der Waals surface area (Å²) in [4.78, 5) is 0. The van der Waals surface area contributed by atoms with Gasteiger partial charge in [0.2, 0.25) is 0 Å². The largest absolute Gasteiger partial charge is 0.414 e. The second-order valence-corrected chi connectivity index (χ2v) is 4.88. The van der Waals surface area contributed by atoms with Crippen molar-refractivity contribution in [1.82, 2.24) is 0 Å². The molecule has 2 fully saturated rings. The molecule has 1 N–H and O–H groups in total. The van der Waals surface area contributed by atoms with E-state index in [1.54, 1.807) is 0 Å². The summed E-state index contributed by atoms with van der Waals surface area (Å²) in [6.07, 6.45) is -4.98. The minimum atomic E-state index is -4.53. The summed E-state index contributed by atoms with van der Waals surface area (Å²) >= 11 is 0. The molecule has 2 atom stereocenters. The molecule has 2 heterocycles. The normalized spacial score (nSPS) is 31.4. The maximum atomic E-state index is 12.5. The average Bonchev–Trinajstić information content (AvgIpc) is 2.28. The molecule has 0 amide bonds. The third kappa shape index (κ3) is 2.92. The molecule has 0 aromatic carbocycles. The van der Waals surface area contributed by atoms with Crippen LogP contribution in [0, 0.1) is 5.92 Å². The number of aliphatic hydroxyl groups is 1. The van der Waals surface area contributed by atoms with Gasteiger partial charge >= 0.3 is 6.18 Å². The zero-order valence-corrected chi connectivity index (χ0v) is 9.50. The van der Waals surface area contributed by atoms with Gasteiger partial charge in [-0.25, -0.2) is 0 Å². The highest BCUT2D eigenvalue weighted by Gasteiger charge is 2.48. The highest BCUT2D eigenvalue weighted by molar-refractivity contribution is 4.92. The first kappa shape index (κ1) is 13.1. The van der Waals surface area contributed by atoms with E-state index in [4.69, 9.17) is 9.47 Å². The first-order valence-electron chi connectivity index (χ1n) is 5.89. The predicted octanol–water partition coefficient (Wildman–Crippen LogP) is 1.89. The van der Waals surface area contributed by atoms with Crippen molar-refractivity contribution in [2.45, 2.75) is 43.6 Å². The number of hydrogen-bond acceptors (Lipinski definition) is 3. The molecule has 2 rings (SSSR count). The van der Waals surface area contributed by atoms with Crippen LogP contribution >= 0.6 is 0 Å².